The molecule has 132 valence electrons. The molecule has 1 atom stereocenters. The van der Waals surface area contributed by atoms with E-state index >= 15 is 0 Å². The Morgan fingerprint density at radius 3 is 2.80 bits per heavy atom. The molecule has 1 N–H and O–H groups in total. The van der Waals surface area contributed by atoms with Gasteiger partial charge in [-0.25, -0.2) is 0 Å². The quantitative estimate of drug-likeness (QED) is 0.771. The van der Waals surface area contributed by atoms with E-state index in [4.69, 9.17) is 4.74 Å². The van der Waals surface area contributed by atoms with E-state index in [-0.39, 0.29) is 12.0 Å². The van der Waals surface area contributed by atoms with E-state index in [0.29, 0.717) is 11.7 Å². The molecule has 25 heavy (non-hydrogen) atoms. The maximum Gasteiger partial charge on any atom is 0.234 e. The molecule has 7 heteroatoms. The number of para-hydroxylation sites is 1. The lowest BCUT2D eigenvalue weighted by molar-refractivity contribution is -0.113. The number of ether oxygens (including phenoxy) is 1. The third-order valence-electron chi connectivity index (χ3n) is 4.49. The van der Waals surface area contributed by atoms with Gasteiger partial charge >= 0.3 is 0 Å². The maximum absolute atomic E-state index is 12.2. The van der Waals surface area contributed by atoms with Crippen LogP contribution in [0.25, 0.3) is 0 Å². The smallest absolute Gasteiger partial charge is 0.234 e. The molecule has 1 aromatic heterocycles. The van der Waals surface area contributed by atoms with E-state index in [9.17, 15) is 4.79 Å². The van der Waals surface area contributed by atoms with Gasteiger partial charge in [-0.2, -0.15) is 0 Å². The molecular formula is C18H22N4O2S. The molecule has 2 aromatic rings. The van der Waals surface area contributed by atoms with Gasteiger partial charge in [0.15, 0.2) is 5.16 Å². The molecule has 1 unspecified atom stereocenters. The zero-order valence-corrected chi connectivity index (χ0v) is 14.9. The van der Waals surface area contributed by atoms with Crippen LogP contribution in [0.15, 0.2) is 35.5 Å². The molecule has 1 aliphatic heterocycles. The first-order valence-corrected chi connectivity index (χ1v) is 9.80. The molecule has 0 bridgehead atoms. The SMILES string of the molecule is O=C(CSc1nnc(C2CC2)n1CC1CCCO1)Nc1ccccc1. The van der Waals surface area contributed by atoms with E-state index in [1.807, 2.05) is 30.3 Å². The van der Waals surface area contributed by atoms with Gasteiger partial charge in [0.05, 0.1) is 18.4 Å². The topological polar surface area (TPSA) is 69.0 Å². The highest BCUT2D eigenvalue weighted by Crippen LogP contribution is 2.40. The Labute approximate surface area is 151 Å². The summed E-state index contributed by atoms with van der Waals surface area (Å²) >= 11 is 1.45. The van der Waals surface area contributed by atoms with Crippen molar-refractivity contribution in [3.05, 3.63) is 36.2 Å². The van der Waals surface area contributed by atoms with Gasteiger partial charge in [-0.05, 0) is 37.8 Å². The summed E-state index contributed by atoms with van der Waals surface area (Å²) in [5.74, 6) is 1.88. The number of hydrogen-bond donors (Lipinski definition) is 1. The summed E-state index contributed by atoms with van der Waals surface area (Å²) < 4.78 is 7.95. The van der Waals surface area contributed by atoms with Crippen LogP contribution in [0.4, 0.5) is 5.69 Å². The van der Waals surface area contributed by atoms with Gasteiger partial charge in [0, 0.05) is 18.2 Å². The molecule has 0 radical (unpaired) electrons. The largest absolute Gasteiger partial charge is 0.376 e. The highest BCUT2D eigenvalue weighted by Gasteiger charge is 2.31. The number of nitrogens with one attached hydrogen (secondary N) is 1. The van der Waals surface area contributed by atoms with Crippen molar-refractivity contribution in [2.45, 2.75) is 49.4 Å². The second kappa shape index (κ2) is 7.58. The number of anilines is 1. The van der Waals surface area contributed by atoms with Crippen molar-refractivity contribution in [2.24, 2.45) is 0 Å². The Kier molecular flexibility index (Phi) is 5.03. The van der Waals surface area contributed by atoms with Crippen molar-refractivity contribution >= 4 is 23.4 Å². The van der Waals surface area contributed by atoms with Crippen LogP contribution in [0.5, 0.6) is 0 Å². The molecular weight excluding hydrogens is 336 g/mol. The molecule has 2 fully saturated rings. The van der Waals surface area contributed by atoms with Gasteiger partial charge < -0.3 is 14.6 Å². The van der Waals surface area contributed by atoms with E-state index in [2.05, 4.69) is 20.1 Å². The van der Waals surface area contributed by atoms with Crippen LogP contribution in [0.3, 0.4) is 0 Å². The Bertz CT molecular complexity index is 724. The molecule has 6 nitrogen and oxygen atoms in total. The first kappa shape index (κ1) is 16.6. The third kappa shape index (κ3) is 4.22. The second-order valence-corrected chi connectivity index (χ2v) is 7.51. The van der Waals surface area contributed by atoms with Crippen LogP contribution >= 0.6 is 11.8 Å². The summed E-state index contributed by atoms with van der Waals surface area (Å²) in [6.07, 6.45) is 4.81. The average molecular weight is 358 g/mol. The number of benzene rings is 1. The van der Waals surface area contributed by atoms with Crippen LogP contribution in [0.1, 0.15) is 37.4 Å². The standard InChI is InChI=1S/C18H22N4O2S/c23-16(19-14-5-2-1-3-6-14)12-25-18-21-20-17(13-8-9-13)22(18)11-15-7-4-10-24-15/h1-3,5-6,13,15H,4,7-12H2,(H,19,23). The van der Waals surface area contributed by atoms with Crippen molar-refractivity contribution in [1.29, 1.82) is 0 Å². The minimum absolute atomic E-state index is 0.0316. The number of hydrogen-bond acceptors (Lipinski definition) is 5. The van der Waals surface area contributed by atoms with Crippen molar-refractivity contribution in [3.63, 3.8) is 0 Å². The first-order valence-electron chi connectivity index (χ1n) is 8.82. The Hall–Kier alpha value is -1.86. The monoisotopic (exact) mass is 358 g/mol. The Morgan fingerprint density at radius 2 is 2.08 bits per heavy atom. The van der Waals surface area contributed by atoms with Crippen molar-refractivity contribution in [3.8, 4) is 0 Å². The lowest BCUT2D eigenvalue weighted by Crippen LogP contribution is -2.19. The third-order valence-corrected chi connectivity index (χ3v) is 5.45. The number of aromatic nitrogens is 3. The highest BCUT2D eigenvalue weighted by molar-refractivity contribution is 7.99. The van der Waals surface area contributed by atoms with Gasteiger partial charge in [0.2, 0.25) is 5.91 Å². The van der Waals surface area contributed by atoms with Crippen LogP contribution in [0, 0.1) is 0 Å². The second-order valence-electron chi connectivity index (χ2n) is 6.56. The average Bonchev–Trinajstić information content (AvgIpc) is 3.19. The summed E-state index contributed by atoms with van der Waals surface area (Å²) in [5.41, 5.74) is 0.813. The van der Waals surface area contributed by atoms with E-state index in [0.717, 1.165) is 42.7 Å². The molecule has 1 aliphatic carbocycles. The molecule has 1 saturated heterocycles. The fraction of sp³-hybridized carbons (Fsp3) is 0.500. The summed E-state index contributed by atoms with van der Waals surface area (Å²) in [7, 11) is 0. The van der Waals surface area contributed by atoms with Crippen molar-refractivity contribution < 1.29 is 9.53 Å². The Balaban J connectivity index is 1.40. The summed E-state index contributed by atoms with van der Waals surface area (Å²) in [6.45, 7) is 1.63. The number of amides is 1. The van der Waals surface area contributed by atoms with Gasteiger partial charge in [0.25, 0.3) is 0 Å². The van der Waals surface area contributed by atoms with E-state index in [1.54, 1.807) is 0 Å². The van der Waals surface area contributed by atoms with E-state index < -0.39 is 0 Å². The van der Waals surface area contributed by atoms with Crippen LogP contribution in [0.2, 0.25) is 0 Å². The van der Waals surface area contributed by atoms with E-state index in [1.165, 1.54) is 24.6 Å². The zero-order valence-electron chi connectivity index (χ0n) is 14.1. The van der Waals surface area contributed by atoms with Crippen molar-refractivity contribution in [2.75, 3.05) is 17.7 Å². The van der Waals surface area contributed by atoms with Crippen LogP contribution in [-0.2, 0) is 16.1 Å². The number of nitrogens with zero attached hydrogens (tertiary/aromatic N) is 3. The molecule has 4 rings (SSSR count). The van der Waals surface area contributed by atoms with Crippen LogP contribution < -0.4 is 5.32 Å². The van der Waals surface area contributed by atoms with Gasteiger partial charge in [0.1, 0.15) is 5.82 Å². The molecule has 1 saturated carbocycles. The normalized spacial score (nSPS) is 19.9. The molecule has 2 heterocycles. The minimum atomic E-state index is -0.0316. The number of carbonyl (C=O) groups excluding carboxylic acids is 1. The summed E-state index contributed by atoms with van der Waals surface area (Å²) in [5, 5.41) is 12.5. The Morgan fingerprint density at radius 1 is 1.24 bits per heavy atom. The predicted octanol–water partition coefficient (Wildman–Crippen LogP) is 3.07. The molecule has 0 spiro atoms. The number of rotatable bonds is 7. The first-order chi connectivity index (χ1) is 12.3. The van der Waals surface area contributed by atoms with Crippen LogP contribution in [-0.4, -0.2) is 39.1 Å². The predicted molar refractivity (Wildman–Crippen MR) is 96.8 cm³/mol. The number of carbonyl (C=O) groups is 1. The van der Waals surface area contributed by atoms with Gasteiger partial charge in [-0.3, -0.25) is 4.79 Å². The summed E-state index contributed by atoms with van der Waals surface area (Å²) in [4.78, 5) is 12.2. The lowest BCUT2D eigenvalue weighted by Gasteiger charge is -2.14. The fourth-order valence-corrected chi connectivity index (χ4v) is 3.82. The fourth-order valence-electron chi connectivity index (χ4n) is 3.06. The summed E-state index contributed by atoms with van der Waals surface area (Å²) in [6, 6.07) is 9.50. The molecule has 2 aliphatic rings. The number of thioether (sulfide) groups is 1. The van der Waals surface area contributed by atoms with Gasteiger partial charge in [-0.15, -0.1) is 10.2 Å². The lowest BCUT2D eigenvalue weighted by atomic mass is 10.2. The zero-order chi connectivity index (χ0) is 17.1. The minimum Gasteiger partial charge on any atom is -0.376 e. The molecule has 1 aromatic carbocycles. The molecule has 1 amide bonds. The van der Waals surface area contributed by atoms with Crippen molar-refractivity contribution in [1.82, 2.24) is 14.8 Å². The van der Waals surface area contributed by atoms with Gasteiger partial charge in [-0.1, -0.05) is 30.0 Å². The maximum atomic E-state index is 12.2. The highest BCUT2D eigenvalue weighted by atomic mass is 32.2.